The number of hydrogen-bond acceptors (Lipinski definition) is 8. The van der Waals surface area contributed by atoms with Crippen molar-refractivity contribution in [2.45, 2.75) is 80.6 Å². The lowest BCUT2D eigenvalue weighted by molar-refractivity contribution is -0.167. The monoisotopic (exact) mass is 642 g/mol. The number of benzene rings is 4. The molecule has 2 heterocycles. The summed E-state index contributed by atoms with van der Waals surface area (Å²) in [7, 11) is -3.96. The third kappa shape index (κ3) is 7.29. The first-order valence-electron chi connectivity index (χ1n) is 15.7. The van der Waals surface area contributed by atoms with Gasteiger partial charge in [-0.3, -0.25) is 0 Å². The second-order valence-corrected chi connectivity index (χ2v) is 15.0. The lowest BCUT2D eigenvalue weighted by atomic mass is 9.94. The first-order chi connectivity index (χ1) is 22.1. The van der Waals surface area contributed by atoms with Crippen molar-refractivity contribution in [2.75, 3.05) is 11.5 Å². The fraction of sp³-hybridized carbons (Fsp3) is 0.351. The normalized spacial score (nSPS) is 26.7. The number of anilines is 2. The summed E-state index contributed by atoms with van der Waals surface area (Å²) >= 11 is 0. The fourth-order valence-corrected chi connectivity index (χ4v) is 9.17. The van der Waals surface area contributed by atoms with Crippen molar-refractivity contribution in [1.82, 2.24) is 0 Å². The molecule has 2 saturated heterocycles. The molecule has 0 aromatic heterocycles. The van der Waals surface area contributed by atoms with Crippen LogP contribution in [-0.4, -0.2) is 49.1 Å². The van der Waals surface area contributed by atoms with Crippen LogP contribution in [0.15, 0.2) is 109 Å². The zero-order valence-corrected chi connectivity index (χ0v) is 27.0. The van der Waals surface area contributed by atoms with Gasteiger partial charge in [0.25, 0.3) is 0 Å². The summed E-state index contributed by atoms with van der Waals surface area (Å²) in [6.45, 7) is 4.00. The zero-order chi connectivity index (χ0) is 32.3. The third-order valence-electron chi connectivity index (χ3n) is 8.73. The number of hydrogen-bond donors (Lipinski definition) is 2. The largest absolute Gasteiger partial charge is 0.399 e. The van der Waals surface area contributed by atoms with Crippen LogP contribution in [0.3, 0.4) is 0 Å². The summed E-state index contributed by atoms with van der Waals surface area (Å²) in [6, 6.07) is 34.1. The van der Waals surface area contributed by atoms with Gasteiger partial charge in [-0.25, -0.2) is 8.42 Å². The molecular weight excluding hydrogens is 600 g/mol. The fourth-order valence-electron chi connectivity index (χ4n) is 6.66. The van der Waals surface area contributed by atoms with Gasteiger partial charge in [-0.1, -0.05) is 84.9 Å². The number of ether oxygens (including phenoxy) is 4. The number of fused-ring (bicyclic) bond motifs is 1. The molecule has 2 fully saturated rings. The van der Waals surface area contributed by atoms with E-state index in [1.54, 1.807) is 12.1 Å². The molecule has 0 unspecified atom stereocenters. The van der Waals surface area contributed by atoms with Crippen molar-refractivity contribution in [3.63, 3.8) is 0 Å². The van der Waals surface area contributed by atoms with Crippen molar-refractivity contribution in [1.29, 1.82) is 0 Å². The maximum absolute atomic E-state index is 15.2. The van der Waals surface area contributed by atoms with Crippen LogP contribution in [-0.2, 0) is 54.8 Å². The van der Waals surface area contributed by atoms with Crippen molar-refractivity contribution in [2.24, 2.45) is 0 Å². The van der Waals surface area contributed by atoms with Crippen molar-refractivity contribution >= 4 is 21.2 Å². The summed E-state index contributed by atoms with van der Waals surface area (Å²) < 4.78 is 56.8. The van der Waals surface area contributed by atoms with E-state index in [4.69, 9.17) is 30.4 Å². The van der Waals surface area contributed by atoms with Gasteiger partial charge < -0.3 is 30.4 Å². The van der Waals surface area contributed by atoms with E-state index in [-0.39, 0.29) is 26.1 Å². The molecule has 6 rings (SSSR count). The van der Waals surface area contributed by atoms with E-state index in [0.29, 0.717) is 11.4 Å². The topological polar surface area (TPSA) is 123 Å². The molecule has 6 atom stereocenters. The lowest BCUT2D eigenvalue weighted by Crippen LogP contribution is -2.48. The van der Waals surface area contributed by atoms with E-state index in [1.165, 1.54) is 0 Å². The summed E-state index contributed by atoms with van der Waals surface area (Å²) in [5, 5.41) is -1.90. The molecule has 9 heteroatoms. The zero-order valence-electron chi connectivity index (χ0n) is 26.2. The van der Waals surface area contributed by atoms with Crippen LogP contribution in [0.1, 0.15) is 36.1 Å². The van der Waals surface area contributed by atoms with Gasteiger partial charge >= 0.3 is 0 Å². The summed E-state index contributed by atoms with van der Waals surface area (Å²) in [6.07, 6.45) is -2.71. The Bertz CT molecular complexity index is 1600. The van der Waals surface area contributed by atoms with Gasteiger partial charge in [-0.05, 0) is 73.2 Å². The Balaban J connectivity index is 1.46. The minimum absolute atomic E-state index is 0.154. The summed E-state index contributed by atoms with van der Waals surface area (Å²) in [5.41, 5.74) is 16.8. The maximum Gasteiger partial charge on any atom is 0.164 e. The highest BCUT2D eigenvalue weighted by Gasteiger charge is 2.60. The SMILES string of the molecule is CC1(C)O[C@@H]2[C@@H](O1)[C@@H](OCc1cccc(N)c1)[C@@H](Cc1ccccc1)S(=O)(=O)[C@H](Cc1ccccc1)[C@@H]2OCc1cccc(N)c1. The molecule has 4 aromatic rings. The molecule has 0 saturated carbocycles. The average Bonchev–Trinajstić information content (AvgIpc) is 3.33. The van der Waals surface area contributed by atoms with Crippen LogP contribution < -0.4 is 11.5 Å². The Labute approximate surface area is 271 Å². The number of sulfone groups is 1. The van der Waals surface area contributed by atoms with E-state index in [1.807, 2.05) is 111 Å². The average molecular weight is 643 g/mol. The first kappa shape index (κ1) is 32.2. The molecule has 0 radical (unpaired) electrons. The molecular formula is C37H42N2O6S. The third-order valence-corrected chi connectivity index (χ3v) is 11.3. The molecule has 0 spiro atoms. The second-order valence-electron chi connectivity index (χ2n) is 12.7. The molecule has 4 N–H and O–H groups in total. The van der Waals surface area contributed by atoms with E-state index in [2.05, 4.69) is 0 Å². The molecule has 0 amide bonds. The molecule has 2 aliphatic heterocycles. The Kier molecular flexibility index (Phi) is 9.49. The highest BCUT2D eigenvalue weighted by Crippen LogP contribution is 2.43. The minimum Gasteiger partial charge on any atom is -0.399 e. The minimum atomic E-state index is -3.96. The van der Waals surface area contributed by atoms with Gasteiger partial charge in [0.15, 0.2) is 15.6 Å². The Hall–Kier alpha value is -3.73. The summed E-state index contributed by atoms with van der Waals surface area (Å²) in [4.78, 5) is 0. The molecule has 0 aliphatic carbocycles. The molecule has 0 bridgehead atoms. The highest BCUT2D eigenvalue weighted by molar-refractivity contribution is 7.92. The molecule has 2 aliphatic rings. The van der Waals surface area contributed by atoms with E-state index in [0.717, 1.165) is 22.3 Å². The van der Waals surface area contributed by atoms with Gasteiger partial charge in [-0.15, -0.1) is 0 Å². The van der Waals surface area contributed by atoms with Crippen LogP contribution in [0.4, 0.5) is 11.4 Å². The van der Waals surface area contributed by atoms with Gasteiger partial charge in [0.1, 0.15) is 24.4 Å². The Morgan fingerprint density at radius 2 is 1.00 bits per heavy atom. The molecule has 4 aromatic carbocycles. The van der Waals surface area contributed by atoms with Gasteiger partial charge in [0.05, 0.1) is 23.7 Å². The van der Waals surface area contributed by atoms with Gasteiger partial charge in [0.2, 0.25) is 0 Å². The standard InChI is InChI=1S/C37H42N2O6S/c1-37(2)44-35-33(42-23-27-15-9-17-29(38)19-27)31(21-25-11-5-3-6-12-25)46(40,41)32(22-26-13-7-4-8-14-26)34(36(35)45-37)43-24-28-16-10-18-30(39)20-28/h3-20,31-36H,21-24,38-39H2,1-2H3/t31-,32-,33+,34+,35+,36+/m1/s1. The Morgan fingerprint density at radius 3 is 1.39 bits per heavy atom. The highest BCUT2D eigenvalue weighted by atomic mass is 32.2. The van der Waals surface area contributed by atoms with E-state index >= 15 is 8.42 Å². The van der Waals surface area contributed by atoms with Gasteiger partial charge in [-0.2, -0.15) is 0 Å². The predicted octanol–water partition coefficient (Wildman–Crippen LogP) is 5.49. The van der Waals surface area contributed by atoms with Crippen LogP contribution in [0.2, 0.25) is 0 Å². The number of rotatable bonds is 10. The molecule has 8 nitrogen and oxygen atoms in total. The smallest absolute Gasteiger partial charge is 0.164 e. The summed E-state index contributed by atoms with van der Waals surface area (Å²) in [5.74, 6) is -0.997. The molecule has 242 valence electrons. The van der Waals surface area contributed by atoms with Crippen molar-refractivity contribution in [3.8, 4) is 0 Å². The van der Waals surface area contributed by atoms with Crippen LogP contribution in [0, 0.1) is 0 Å². The van der Waals surface area contributed by atoms with Crippen LogP contribution in [0.5, 0.6) is 0 Å². The molecule has 46 heavy (non-hydrogen) atoms. The number of nitrogens with two attached hydrogens (primary N) is 2. The predicted molar refractivity (Wildman–Crippen MR) is 179 cm³/mol. The van der Waals surface area contributed by atoms with Crippen LogP contribution >= 0.6 is 0 Å². The Morgan fingerprint density at radius 1 is 0.609 bits per heavy atom. The first-order valence-corrected chi connectivity index (χ1v) is 17.3. The second kappa shape index (κ2) is 13.6. The van der Waals surface area contributed by atoms with E-state index < -0.39 is 50.5 Å². The maximum atomic E-state index is 15.2. The quantitative estimate of drug-likeness (QED) is 0.218. The van der Waals surface area contributed by atoms with Crippen LogP contribution in [0.25, 0.3) is 0 Å². The van der Waals surface area contributed by atoms with Crippen molar-refractivity contribution in [3.05, 3.63) is 131 Å². The number of nitrogen functional groups attached to an aromatic ring is 2. The van der Waals surface area contributed by atoms with Gasteiger partial charge in [0, 0.05) is 11.4 Å². The van der Waals surface area contributed by atoms with Crippen molar-refractivity contribution < 1.29 is 27.4 Å². The lowest BCUT2D eigenvalue weighted by Gasteiger charge is -2.32. The van der Waals surface area contributed by atoms with E-state index in [9.17, 15) is 0 Å².